The average molecular weight is 294 g/mol. The van der Waals surface area contributed by atoms with Crippen LogP contribution in [0.1, 0.15) is 18.4 Å². The monoisotopic (exact) mass is 293 g/mol. The molecule has 0 spiro atoms. The SMILES string of the molecule is FC(F)(F)Oc1ccc(CN2CCCC2CCl)cc1. The van der Waals surface area contributed by atoms with Crippen molar-refractivity contribution in [2.45, 2.75) is 31.8 Å². The topological polar surface area (TPSA) is 12.5 Å². The van der Waals surface area contributed by atoms with Crippen molar-refractivity contribution in [1.29, 1.82) is 0 Å². The molecular formula is C13H15ClF3NO. The second-order valence-corrected chi connectivity index (χ2v) is 4.92. The zero-order valence-corrected chi connectivity index (χ0v) is 11.0. The van der Waals surface area contributed by atoms with Crippen molar-refractivity contribution in [3.63, 3.8) is 0 Å². The van der Waals surface area contributed by atoms with E-state index in [0.717, 1.165) is 24.9 Å². The molecule has 19 heavy (non-hydrogen) atoms. The highest BCUT2D eigenvalue weighted by molar-refractivity contribution is 6.18. The van der Waals surface area contributed by atoms with Gasteiger partial charge >= 0.3 is 6.36 Å². The largest absolute Gasteiger partial charge is 0.573 e. The van der Waals surface area contributed by atoms with Crippen LogP contribution in [0.15, 0.2) is 24.3 Å². The molecule has 1 unspecified atom stereocenters. The Kier molecular flexibility index (Phi) is 4.58. The summed E-state index contributed by atoms with van der Waals surface area (Å²) in [6, 6.07) is 6.37. The van der Waals surface area contributed by atoms with E-state index in [-0.39, 0.29) is 5.75 Å². The second-order valence-electron chi connectivity index (χ2n) is 4.61. The summed E-state index contributed by atoms with van der Waals surface area (Å²) in [5.41, 5.74) is 0.964. The molecule has 2 nitrogen and oxygen atoms in total. The van der Waals surface area contributed by atoms with E-state index in [2.05, 4.69) is 9.64 Å². The van der Waals surface area contributed by atoms with E-state index in [0.29, 0.717) is 18.5 Å². The Morgan fingerprint density at radius 1 is 1.26 bits per heavy atom. The number of alkyl halides is 4. The van der Waals surface area contributed by atoms with Crippen LogP contribution in [0.25, 0.3) is 0 Å². The lowest BCUT2D eigenvalue weighted by molar-refractivity contribution is -0.274. The molecule has 0 N–H and O–H groups in total. The van der Waals surface area contributed by atoms with Gasteiger partial charge in [0.05, 0.1) is 0 Å². The molecule has 1 atom stereocenters. The van der Waals surface area contributed by atoms with Crippen molar-refractivity contribution < 1.29 is 17.9 Å². The van der Waals surface area contributed by atoms with E-state index >= 15 is 0 Å². The van der Waals surface area contributed by atoms with Gasteiger partial charge in [0.2, 0.25) is 0 Å². The molecule has 1 aliphatic rings. The summed E-state index contributed by atoms with van der Waals surface area (Å²) in [5.74, 6) is 0.404. The lowest BCUT2D eigenvalue weighted by Crippen LogP contribution is -2.30. The van der Waals surface area contributed by atoms with Gasteiger partial charge in [0.1, 0.15) is 5.75 Å². The summed E-state index contributed by atoms with van der Waals surface area (Å²) in [7, 11) is 0. The Morgan fingerprint density at radius 2 is 1.95 bits per heavy atom. The molecule has 1 fully saturated rings. The van der Waals surface area contributed by atoms with Crippen LogP contribution in [0.5, 0.6) is 5.75 Å². The third kappa shape index (κ3) is 4.28. The normalized spacial score (nSPS) is 20.7. The highest BCUT2D eigenvalue weighted by Crippen LogP contribution is 2.25. The Hall–Kier alpha value is -0.940. The predicted molar refractivity (Wildman–Crippen MR) is 67.3 cm³/mol. The first-order valence-electron chi connectivity index (χ1n) is 6.12. The molecule has 1 aromatic carbocycles. The van der Waals surface area contributed by atoms with Gasteiger partial charge in [0.15, 0.2) is 0 Å². The van der Waals surface area contributed by atoms with Gasteiger partial charge < -0.3 is 4.74 Å². The molecule has 0 bridgehead atoms. The molecule has 0 radical (unpaired) electrons. The summed E-state index contributed by atoms with van der Waals surface area (Å²) in [6.45, 7) is 1.70. The van der Waals surface area contributed by atoms with Crippen molar-refractivity contribution in [3.8, 4) is 5.75 Å². The molecule has 1 aromatic rings. The molecule has 0 amide bonds. The van der Waals surface area contributed by atoms with E-state index in [9.17, 15) is 13.2 Å². The molecule has 1 saturated heterocycles. The summed E-state index contributed by atoms with van der Waals surface area (Å²) < 4.78 is 39.9. The van der Waals surface area contributed by atoms with Gasteiger partial charge in [-0.25, -0.2) is 0 Å². The van der Waals surface area contributed by atoms with Crippen molar-refractivity contribution in [2.24, 2.45) is 0 Å². The Bertz CT molecular complexity index is 407. The summed E-state index contributed by atoms with van der Waals surface area (Å²) >= 11 is 5.88. The number of hydrogen-bond donors (Lipinski definition) is 0. The fraction of sp³-hybridized carbons (Fsp3) is 0.538. The molecule has 1 aliphatic heterocycles. The van der Waals surface area contributed by atoms with Crippen LogP contribution in [0.3, 0.4) is 0 Å². The number of benzene rings is 1. The highest BCUT2D eigenvalue weighted by Gasteiger charge is 2.31. The van der Waals surface area contributed by atoms with Gasteiger partial charge in [-0.1, -0.05) is 12.1 Å². The van der Waals surface area contributed by atoms with E-state index in [1.165, 1.54) is 12.1 Å². The second kappa shape index (κ2) is 6.01. The number of ether oxygens (including phenoxy) is 1. The highest BCUT2D eigenvalue weighted by atomic mass is 35.5. The molecule has 106 valence electrons. The van der Waals surface area contributed by atoms with E-state index in [1.807, 2.05) is 0 Å². The van der Waals surface area contributed by atoms with E-state index in [4.69, 9.17) is 11.6 Å². The first kappa shape index (κ1) is 14.5. The lowest BCUT2D eigenvalue weighted by atomic mass is 10.2. The Balaban J connectivity index is 1.95. The van der Waals surface area contributed by atoms with Crippen LogP contribution in [0.2, 0.25) is 0 Å². The third-order valence-electron chi connectivity index (χ3n) is 3.22. The number of halogens is 4. The first-order valence-corrected chi connectivity index (χ1v) is 6.66. The van der Waals surface area contributed by atoms with Crippen molar-refractivity contribution in [2.75, 3.05) is 12.4 Å². The minimum Gasteiger partial charge on any atom is -0.406 e. The van der Waals surface area contributed by atoms with E-state index in [1.54, 1.807) is 12.1 Å². The zero-order valence-electron chi connectivity index (χ0n) is 10.3. The molecule has 6 heteroatoms. The van der Waals surface area contributed by atoms with Crippen LogP contribution in [-0.2, 0) is 6.54 Å². The first-order chi connectivity index (χ1) is 8.98. The maximum absolute atomic E-state index is 12.0. The van der Waals surface area contributed by atoms with Crippen LogP contribution in [0.4, 0.5) is 13.2 Å². The Labute approximate surface area is 115 Å². The maximum Gasteiger partial charge on any atom is 0.573 e. The van der Waals surface area contributed by atoms with Crippen LogP contribution >= 0.6 is 11.6 Å². The minimum atomic E-state index is -4.64. The smallest absolute Gasteiger partial charge is 0.406 e. The van der Waals surface area contributed by atoms with Gasteiger partial charge in [0, 0.05) is 18.5 Å². The number of nitrogens with zero attached hydrogens (tertiary/aromatic N) is 1. The van der Waals surface area contributed by atoms with Gasteiger partial charge in [-0.15, -0.1) is 24.8 Å². The van der Waals surface area contributed by atoms with Crippen molar-refractivity contribution in [1.82, 2.24) is 4.90 Å². The van der Waals surface area contributed by atoms with Gasteiger partial charge in [-0.3, -0.25) is 4.90 Å². The summed E-state index contributed by atoms with van der Waals surface area (Å²) in [6.07, 6.45) is -2.44. The molecule has 1 heterocycles. The van der Waals surface area contributed by atoms with Gasteiger partial charge in [-0.05, 0) is 37.1 Å². The van der Waals surface area contributed by atoms with Crippen LogP contribution in [0, 0.1) is 0 Å². The van der Waals surface area contributed by atoms with Crippen molar-refractivity contribution >= 4 is 11.6 Å². The maximum atomic E-state index is 12.0. The number of hydrogen-bond acceptors (Lipinski definition) is 2. The fourth-order valence-electron chi connectivity index (χ4n) is 2.31. The molecule has 0 saturated carbocycles. The molecule has 2 rings (SSSR count). The van der Waals surface area contributed by atoms with Crippen molar-refractivity contribution in [3.05, 3.63) is 29.8 Å². The summed E-state index contributed by atoms with van der Waals surface area (Å²) in [5, 5.41) is 0. The van der Waals surface area contributed by atoms with E-state index < -0.39 is 6.36 Å². The number of likely N-dealkylation sites (tertiary alicyclic amines) is 1. The molecule has 0 aliphatic carbocycles. The standard InChI is InChI=1S/C13H15ClF3NO/c14-8-11-2-1-7-18(11)9-10-3-5-12(6-4-10)19-13(15,16)17/h3-6,11H,1-2,7-9H2. The van der Waals surface area contributed by atoms with Gasteiger partial charge in [-0.2, -0.15) is 0 Å². The van der Waals surface area contributed by atoms with Gasteiger partial charge in [0.25, 0.3) is 0 Å². The molecule has 0 aromatic heterocycles. The third-order valence-corrected chi connectivity index (χ3v) is 3.58. The Morgan fingerprint density at radius 3 is 2.53 bits per heavy atom. The summed E-state index contributed by atoms with van der Waals surface area (Å²) in [4.78, 5) is 2.26. The van der Waals surface area contributed by atoms with Crippen LogP contribution in [-0.4, -0.2) is 29.7 Å². The minimum absolute atomic E-state index is 0.188. The predicted octanol–water partition coefficient (Wildman–Crippen LogP) is 3.79. The fourth-order valence-corrected chi connectivity index (χ4v) is 2.66. The zero-order chi connectivity index (χ0) is 13.9. The quantitative estimate of drug-likeness (QED) is 0.783. The number of rotatable bonds is 4. The molecular weight excluding hydrogens is 279 g/mol. The lowest BCUT2D eigenvalue weighted by Gasteiger charge is -2.22. The average Bonchev–Trinajstić information content (AvgIpc) is 2.77. The van der Waals surface area contributed by atoms with Crippen LogP contribution < -0.4 is 4.74 Å².